The molecule has 0 unspecified atom stereocenters. The Morgan fingerprint density at radius 2 is 2.10 bits per heavy atom. The number of nitrogens with one attached hydrogen (secondary N) is 1. The minimum absolute atomic E-state index is 0.142. The quantitative estimate of drug-likeness (QED) is 0.653. The van der Waals surface area contributed by atoms with E-state index in [1.807, 2.05) is 0 Å². The average molecular weight is 301 g/mol. The number of carbonyl (C=O) groups is 1. The maximum Gasteiger partial charge on any atom is 0.329 e. The molecule has 108 valence electrons. The number of hydrogen-bond acceptors (Lipinski definition) is 5. The van der Waals surface area contributed by atoms with Gasteiger partial charge in [0.15, 0.2) is 0 Å². The number of aliphatic carboxylic acids is 1. The van der Waals surface area contributed by atoms with E-state index in [-0.39, 0.29) is 29.2 Å². The molecule has 2 rings (SSSR count). The molecule has 0 atom stereocenters. The number of nitro groups is 1. The highest BCUT2D eigenvalue weighted by Crippen LogP contribution is 2.33. The van der Waals surface area contributed by atoms with E-state index < -0.39 is 16.4 Å². The Morgan fingerprint density at radius 1 is 1.45 bits per heavy atom. The fourth-order valence-corrected chi connectivity index (χ4v) is 2.30. The van der Waals surface area contributed by atoms with E-state index in [2.05, 4.69) is 5.32 Å². The van der Waals surface area contributed by atoms with Crippen LogP contribution in [0.5, 0.6) is 0 Å². The summed E-state index contributed by atoms with van der Waals surface area (Å²) in [6.45, 7) is 0.585. The van der Waals surface area contributed by atoms with Crippen molar-refractivity contribution in [1.29, 1.82) is 0 Å². The van der Waals surface area contributed by atoms with Crippen molar-refractivity contribution in [2.75, 3.05) is 18.5 Å². The fourth-order valence-electron chi connectivity index (χ4n) is 2.13. The molecule has 20 heavy (non-hydrogen) atoms. The van der Waals surface area contributed by atoms with Crippen LogP contribution in [0.2, 0.25) is 5.02 Å². The van der Waals surface area contributed by atoms with E-state index in [4.69, 9.17) is 16.3 Å². The zero-order valence-corrected chi connectivity index (χ0v) is 11.2. The Labute approximate surface area is 119 Å². The molecule has 0 bridgehead atoms. The third-order valence-electron chi connectivity index (χ3n) is 3.29. The van der Waals surface area contributed by atoms with Gasteiger partial charge in [0, 0.05) is 37.1 Å². The van der Waals surface area contributed by atoms with Crippen molar-refractivity contribution >= 4 is 28.9 Å². The Balaban J connectivity index is 2.36. The standard InChI is InChI=1S/C12H13ClN2O5/c13-8-1-2-9(10(7-8)15(18)19)14-12(11(16)17)3-5-20-6-4-12/h1-2,7,14H,3-6H2,(H,16,17). The van der Waals surface area contributed by atoms with Crippen molar-refractivity contribution < 1.29 is 19.6 Å². The SMILES string of the molecule is O=C(O)C1(Nc2ccc(Cl)cc2[N+](=O)[O-])CCOCC1. The molecule has 1 aliphatic heterocycles. The van der Waals surface area contributed by atoms with Crippen molar-refractivity contribution in [3.8, 4) is 0 Å². The van der Waals surface area contributed by atoms with Gasteiger partial charge in [0.05, 0.1) is 4.92 Å². The fraction of sp³-hybridized carbons (Fsp3) is 0.417. The number of carboxylic acid groups (broad SMARTS) is 1. The van der Waals surface area contributed by atoms with Gasteiger partial charge in [-0.15, -0.1) is 0 Å². The van der Waals surface area contributed by atoms with Crippen LogP contribution in [0.3, 0.4) is 0 Å². The second-order valence-electron chi connectivity index (χ2n) is 4.54. The van der Waals surface area contributed by atoms with Crippen LogP contribution in [-0.2, 0) is 9.53 Å². The lowest BCUT2D eigenvalue weighted by molar-refractivity contribution is -0.384. The number of carboxylic acids is 1. The van der Waals surface area contributed by atoms with E-state index in [0.29, 0.717) is 13.2 Å². The minimum atomic E-state index is -1.25. The van der Waals surface area contributed by atoms with Gasteiger partial charge in [-0.1, -0.05) is 11.6 Å². The number of halogens is 1. The Kier molecular flexibility index (Phi) is 4.10. The molecule has 1 aliphatic rings. The predicted molar refractivity (Wildman–Crippen MR) is 72.1 cm³/mol. The van der Waals surface area contributed by atoms with E-state index in [1.54, 1.807) is 0 Å². The lowest BCUT2D eigenvalue weighted by atomic mass is 9.89. The van der Waals surface area contributed by atoms with E-state index in [0.717, 1.165) is 0 Å². The molecule has 0 aliphatic carbocycles. The Morgan fingerprint density at radius 3 is 2.65 bits per heavy atom. The summed E-state index contributed by atoms with van der Waals surface area (Å²) in [5.74, 6) is -1.05. The molecule has 2 N–H and O–H groups in total. The van der Waals surface area contributed by atoms with E-state index >= 15 is 0 Å². The van der Waals surface area contributed by atoms with Crippen LogP contribution in [-0.4, -0.2) is 34.8 Å². The molecule has 0 amide bonds. The maximum atomic E-state index is 11.5. The highest BCUT2D eigenvalue weighted by molar-refractivity contribution is 6.30. The monoisotopic (exact) mass is 300 g/mol. The van der Waals surface area contributed by atoms with Gasteiger partial charge in [-0.3, -0.25) is 10.1 Å². The molecular weight excluding hydrogens is 288 g/mol. The molecule has 1 aromatic rings. The molecule has 0 spiro atoms. The summed E-state index contributed by atoms with van der Waals surface area (Å²) in [6.07, 6.45) is 0.476. The summed E-state index contributed by atoms with van der Waals surface area (Å²) in [5, 5.41) is 23.5. The first-order valence-corrected chi connectivity index (χ1v) is 6.36. The van der Waals surface area contributed by atoms with Crippen LogP contribution in [0.25, 0.3) is 0 Å². The Bertz CT molecular complexity index is 543. The van der Waals surface area contributed by atoms with Gasteiger partial charge in [0.2, 0.25) is 0 Å². The summed E-state index contributed by atoms with van der Waals surface area (Å²) < 4.78 is 5.15. The van der Waals surface area contributed by atoms with Crippen LogP contribution in [0.15, 0.2) is 18.2 Å². The average Bonchev–Trinajstić information content (AvgIpc) is 2.41. The van der Waals surface area contributed by atoms with Gasteiger partial charge in [-0.25, -0.2) is 4.79 Å². The molecule has 1 heterocycles. The number of rotatable bonds is 4. The first-order valence-electron chi connectivity index (χ1n) is 5.98. The van der Waals surface area contributed by atoms with Gasteiger partial charge in [-0.2, -0.15) is 0 Å². The largest absolute Gasteiger partial charge is 0.480 e. The Hall–Kier alpha value is -1.86. The molecule has 1 fully saturated rings. The zero-order valence-electron chi connectivity index (χ0n) is 10.5. The van der Waals surface area contributed by atoms with Gasteiger partial charge in [-0.05, 0) is 12.1 Å². The van der Waals surface area contributed by atoms with Crippen molar-refractivity contribution in [1.82, 2.24) is 0 Å². The number of ether oxygens (including phenoxy) is 1. The third kappa shape index (κ3) is 2.83. The lowest BCUT2D eigenvalue weighted by Crippen LogP contribution is -2.50. The second kappa shape index (κ2) is 5.64. The summed E-state index contributed by atoms with van der Waals surface area (Å²) >= 11 is 5.73. The molecule has 1 saturated heterocycles. The summed E-state index contributed by atoms with van der Waals surface area (Å²) in [4.78, 5) is 21.9. The molecule has 7 nitrogen and oxygen atoms in total. The van der Waals surface area contributed by atoms with Gasteiger partial charge >= 0.3 is 5.97 Å². The van der Waals surface area contributed by atoms with Crippen molar-refractivity contribution in [3.05, 3.63) is 33.3 Å². The third-order valence-corrected chi connectivity index (χ3v) is 3.52. The number of nitro benzene ring substituents is 1. The number of anilines is 1. The summed E-state index contributed by atoms with van der Waals surface area (Å²) in [5.41, 5.74) is -1.36. The maximum absolute atomic E-state index is 11.5. The number of nitrogens with zero attached hydrogens (tertiary/aromatic N) is 1. The molecule has 0 saturated carbocycles. The zero-order chi connectivity index (χ0) is 14.8. The molecule has 0 radical (unpaired) electrons. The van der Waals surface area contributed by atoms with Crippen molar-refractivity contribution in [3.63, 3.8) is 0 Å². The molecule has 1 aromatic carbocycles. The lowest BCUT2D eigenvalue weighted by Gasteiger charge is -2.34. The van der Waals surface area contributed by atoms with Gasteiger partial charge in [0.25, 0.3) is 5.69 Å². The molecular formula is C12H13ClN2O5. The van der Waals surface area contributed by atoms with Crippen LogP contribution in [0, 0.1) is 10.1 Å². The van der Waals surface area contributed by atoms with Crippen molar-refractivity contribution in [2.24, 2.45) is 0 Å². The summed E-state index contributed by atoms with van der Waals surface area (Å²) in [7, 11) is 0. The van der Waals surface area contributed by atoms with Crippen LogP contribution < -0.4 is 5.32 Å². The summed E-state index contributed by atoms with van der Waals surface area (Å²) in [6, 6.07) is 4.09. The number of benzene rings is 1. The van der Waals surface area contributed by atoms with Crippen LogP contribution >= 0.6 is 11.6 Å². The second-order valence-corrected chi connectivity index (χ2v) is 4.98. The van der Waals surface area contributed by atoms with Gasteiger partial charge < -0.3 is 15.2 Å². The smallest absolute Gasteiger partial charge is 0.329 e. The van der Waals surface area contributed by atoms with Gasteiger partial charge in [0.1, 0.15) is 11.2 Å². The van der Waals surface area contributed by atoms with E-state index in [9.17, 15) is 20.0 Å². The molecule has 0 aromatic heterocycles. The predicted octanol–water partition coefficient (Wildman–Crippen LogP) is 2.29. The van der Waals surface area contributed by atoms with E-state index in [1.165, 1.54) is 18.2 Å². The van der Waals surface area contributed by atoms with Crippen LogP contribution in [0.1, 0.15) is 12.8 Å². The first-order chi connectivity index (χ1) is 9.44. The number of hydrogen-bond donors (Lipinski definition) is 2. The van der Waals surface area contributed by atoms with Crippen LogP contribution in [0.4, 0.5) is 11.4 Å². The normalized spacial score (nSPS) is 17.4. The van der Waals surface area contributed by atoms with Crippen molar-refractivity contribution in [2.45, 2.75) is 18.4 Å². The molecule has 8 heteroatoms. The highest BCUT2D eigenvalue weighted by atomic mass is 35.5. The minimum Gasteiger partial charge on any atom is -0.480 e. The highest BCUT2D eigenvalue weighted by Gasteiger charge is 2.41. The first kappa shape index (κ1) is 14.5. The topological polar surface area (TPSA) is 102 Å².